The highest BCUT2D eigenvalue weighted by molar-refractivity contribution is 6.30. The summed E-state index contributed by atoms with van der Waals surface area (Å²) in [4.78, 5) is 0. The Morgan fingerprint density at radius 1 is 1.00 bits per heavy atom. The molecule has 2 nitrogen and oxygen atoms in total. The Balaban J connectivity index is 2.47. The van der Waals surface area contributed by atoms with E-state index in [0.717, 1.165) is 10.8 Å². The van der Waals surface area contributed by atoms with Crippen molar-refractivity contribution in [1.29, 1.82) is 0 Å². The summed E-state index contributed by atoms with van der Waals surface area (Å²) in [5.74, 6) is 0.883. The van der Waals surface area contributed by atoms with Crippen LogP contribution >= 0.6 is 11.6 Å². The maximum atomic E-state index is 6.04. The molecule has 0 aliphatic rings. The first-order chi connectivity index (χ1) is 9.56. The number of ether oxygens (including phenoxy) is 1. The molecule has 0 heterocycles. The van der Waals surface area contributed by atoms with Gasteiger partial charge in [0, 0.05) is 5.02 Å². The van der Waals surface area contributed by atoms with E-state index in [1.165, 1.54) is 22.3 Å². The van der Waals surface area contributed by atoms with Crippen molar-refractivity contribution >= 4 is 11.6 Å². The molecule has 1 N–H and O–H groups in total. The molecular formula is C17H20ClNO. The number of hydrogen-bond acceptors (Lipinski definition) is 2. The molecule has 0 amide bonds. The zero-order valence-corrected chi connectivity index (χ0v) is 13.1. The summed E-state index contributed by atoms with van der Waals surface area (Å²) in [5.41, 5.74) is 4.88. The molecule has 0 aliphatic carbocycles. The average Bonchev–Trinajstić information content (AvgIpc) is 2.43. The van der Waals surface area contributed by atoms with E-state index >= 15 is 0 Å². The summed E-state index contributed by atoms with van der Waals surface area (Å²) in [6.07, 6.45) is 0. The third kappa shape index (κ3) is 2.97. The molecule has 1 atom stereocenters. The van der Waals surface area contributed by atoms with Gasteiger partial charge in [0.25, 0.3) is 0 Å². The molecule has 1 unspecified atom stereocenters. The van der Waals surface area contributed by atoms with Crippen LogP contribution in [-0.2, 0) is 0 Å². The van der Waals surface area contributed by atoms with E-state index in [4.69, 9.17) is 16.3 Å². The van der Waals surface area contributed by atoms with Crippen LogP contribution in [0, 0.1) is 13.8 Å². The van der Waals surface area contributed by atoms with Gasteiger partial charge in [0.2, 0.25) is 0 Å². The molecule has 0 saturated heterocycles. The van der Waals surface area contributed by atoms with Crippen LogP contribution in [0.4, 0.5) is 0 Å². The van der Waals surface area contributed by atoms with E-state index < -0.39 is 0 Å². The first kappa shape index (κ1) is 14.9. The van der Waals surface area contributed by atoms with Crippen LogP contribution in [0.5, 0.6) is 5.75 Å². The van der Waals surface area contributed by atoms with Crippen molar-refractivity contribution in [1.82, 2.24) is 5.32 Å². The molecule has 0 bridgehead atoms. The predicted octanol–water partition coefficient (Wildman–Crippen LogP) is 4.27. The molecule has 2 rings (SSSR count). The lowest BCUT2D eigenvalue weighted by Gasteiger charge is -2.22. The first-order valence-corrected chi connectivity index (χ1v) is 7.02. The smallest absolute Gasteiger partial charge is 0.119 e. The Hall–Kier alpha value is -1.51. The zero-order chi connectivity index (χ0) is 14.7. The van der Waals surface area contributed by atoms with Gasteiger partial charge in [0.05, 0.1) is 13.2 Å². The van der Waals surface area contributed by atoms with Gasteiger partial charge in [-0.2, -0.15) is 0 Å². The lowest BCUT2D eigenvalue weighted by molar-refractivity contribution is 0.414. The van der Waals surface area contributed by atoms with Gasteiger partial charge in [-0.05, 0) is 67.4 Å². The third-order valence-corrected chi connectivity index (χ3v) is 3.85. The second kappa shape index (κ2) is 6.29. The number of rotatable bonds is 4. The summed E-state index contributed by atoms with van der Waals surface area (Å²) in [6.45, 7) is 4.19. The zero-order valence-electron chi connectivity index (χ0n) is 12.3. The fraction of sp³-hybridized carbons (Fsp3) is 0.294. The predicted molar refractivity (Wildman–Crippen MR) is 84.8 cm³/mol. The molecule has 2 aromatic rings. The van der Waals surface area contributed by atoms with Crippen molar-refractivity contribution in [2.24, 2.45) is 0 Å². The van der Waals surface area contributed by atoms with Crippen LogP contribution in [0.15, 0.2) is 36.4 Å². The Bertz CT molecular complexity index is 610. The van der Waals surface area contributed by atoms with E-state index in [-0.39, 0.29) is 6.04 Å². The van der Waals surface area contributed by atoms with Gasteiger partial charge in [-0.25, -0.2) is 0 Å². The standard InChI is InChI=1S/C17H20ClNO/c1-11-9-13(18)5-7-15(11)17(19-3)16-8-6-14(20-4)10-12(16)2/h5-10,17,19H,1-4H3. The number of hydrogen-bond donors (Lipinski definition) is 1. The van der Waals surface area contributed by atoms with Crippen molar-refractivity contribution < 1.29 is 4.74 Å². The molecular weight excluding hydrogens is 270 g/mol. The summed E-state index contributed by atoms with van der Waals surface area (Å²) in [5, 5.41) is 4.16. The minimum absolute atomic E-state index is 0.151. The van der Waals surface area contributed by atoms with Gasteiger partial charge < -0.3 is 10.1 Å². The van der Waals surface area contributed by atoms with E-state index in [0.29, 0.717) is 0 Å². The van der Waals surface area contributed by atoms with Gasteiger partial charge in [-0.1, -0.05) is 23.7 Å². The molecule has 0 spiro atoms. The average molecular weight is 290 g/mol. The molecule has 106 valence electrons. The molecule has 0 saturated carbocycles. The maximum Gasteiger partial charge on any atom is 0.119 e. The number of benzene rings is 2. The summed E-state index contributed by atoms with van der Waals surface area (Å²) >= 11 is 6.04. The molecule has 0 fully saturated rings. The van der Waals surface area contributed by atoms with E-state index in [1.807, 2.05) is 25.2 Å². The summed E-state index contributed by atoms with van der Waals surface area (Å²) in [6, 6.07) is 12.3. The second-order valence-electron chi connectivity index (χ2n) is 4.95. The number of methoxy groups -OCH3 is 1. The number of halogens is 1. The van der Waals surface area contributed by atoms with Gasteiger partial charge in [-0.3, -0.25) is 0 Å². The maximum absolute atomic E-state index is 6.04. The van der Waals surface area contributed by atoms with Crippen molar-refractivity contribution in [3.05, 3.63) is 63.7 Å². The van der Waals surface area contributed by atoms with Gasteiger partial charge in [-0.15, -0.1) is 0 Å². The van der Waals surface area contributed by atoms with Crippen molar-refractivity contribution in [3.63, 3.8) is 0 Å². The lowest BCUT2D eigenvalue weighted by Crippen LogP contribution is -2.19. The monoisotopic (exact) mass is 289 g/mol. The molecule has 20 heavy (non-hydrogen) atoms. The first-order valence-electron chi connectivity index (χ1n) is 6.64. The van der Waals surface area contributed by atoms with Crippen molar-refractivity contribution in [3.8, 4) is 5.75 Å². The SMILES string of the molecule is CNC(c1ccc(Cl)cc1C)c1ccc(OC)cc1C. The summed E-state index contributed by atoms with van der Waals surface area (Å²) in [7, 11) is 3.66. The lowest BCUT2D eigenvalue weighted by atomic mass is 9.92. The fourth-order valence-corrected chi connectivity index (χ4v) is 2.77. The quantitative estimate of drug-likeness (QED) is 0.907. The van der Waals surface area contributed by atoms with Gasteiger partial charge in [0.15, 0.2) is 0 Å². The Kier molecular flexibility index (Phi) is 4.69. The van der Waals surface area contributed by atoms with Gasteiger partial charge >= 0.3 is 0 Å². The van der Waals surface area contributed by atoms with Crippen LogP contribution < -0.4 is 10.1 Å². The molecule has 0 radical (unpaired) electrons. The minimum Gasteiger partial charge on any atom is -0.497 e. The number of aryl methyl sites for hydroxylation is 2. The van der Waals surface area contributed by atoms with Crippen LogP contribution in [0.25, 0.3) is 0 Å². The third-order valence-electron chi connectivity index (χ3n) is 3.62. The van der Waals surface area contributed by atoms with Gasteiger partial charge in [0.1, 0.15) is 5.75 Å². The molecule has 3 heteroatoms. The Morgan fingerprint density at radius 2 is 1.60 bits per heavy atom. The van der Waals surface area contributed by atoms with E-state index in [2.05, 4.69) is 37.4 Å². The van der Waals surface area contributed by atoms with Crippen LogP contribution in [-0.4, -0.2) is 14.2 Å². The highest BCUT2D eigenvalue weighted by Crippen LogP contribution is 2.30. The molecule has 2 aromatic carbocycles. The van der Waals surface area contributed by atoms with Crippen molar-refractivity contribution in [2.75, 3.05) is 14.2 Å². The Labute approximate surface area is 125 Å². The molecule has 0 aromatic heterocycles. The van der Waals surface area contributed by atoms with Crippen molar-refractivity contribution in [2.45, 2.75) is 19.9 Å². The van der Waals surface area contributed by atoms with Crippen LogP contribution in [0.2, 0.25) is 5.02 Å². The van der Waals surface area contributed by atoms with Crippen LogP contribution in [0.1, 0.15) is 28.3 Å². The largest absolute Gasteiger partial charge is 0.497 e. The number of nitrogens with one attached hydrogen (secondary N) is 1. The molecule has 0 aliphatic heterocycles. The van der Waals surface area contributed by atoms with Crippen LogP contribution in [0.3, 0.4) is 0 Å². The normalized spacial score (nSPS) is 12.2. The fourth-order valence-electron chi connectivity index (χ4n) is 2.54. The van der Waals surface area contributed by atoms with E-state index in [9.17, 15) is 0 Å². The topological polar surface area (TPSA) is 21.3 Å². The Morgan fingerprint density at radius 3 is 2.10 bits per heavy atom. The highest BCUT2D eigenvalue weighted by atomic mass is 35.5. The minimum atomic E-state index is 0.151. The second-order valence-corrected chi connectivity index (χ2v) is 5.38. The summed E-state index contributed by atoms with van der Waals surface area (Å²) < 4.78 is 5.27. The highest BCUT2D eigenvalue weighted by Gasteiger charge is 2.16. The van der Waals surface area contributed by atoms with E-state index in [1.54, 1.807) is 7.11 Å².